The molecule has 0 heterocycles. The fourth-order valence-corrected chi connectivity index (χ4v) is 2.69. The van der Waals surface area contributed by atoms with Crippen molar-refractivity contribution in [3.8, 4) is 0 Å². The van der Waals surface area contributed by atoms with Crippen LogP contribution in [0.15, 0.2) is 42.5 Å². The maximum Gasteiger partial charge on any atom is 0.239 e. The summed E-state index contributed by atoms with van der Waals surface area (Å²) < 4.78 is 0. The molecular weight excluding hydrogens is 371 g/mol. The number of carbonyl (C=O) groups is 2. The molecule has 0 aliphatic heterocycles. The zero-order chi connectivity index (χ0) is 19.3. The molecule has 0 bridgehead atoms. The Kier molecular flexibility index (Phi) is 6.68. The molecule has 2 amide bonds. The first-order chi connectivity index (χ1) is 12.2. The van der Waals surface area contributed by atoms with Crippen molar-refractivity contribution in [1.82, 2.24) is 5.32 Å². The van der Waals surface area contributed by atoms with Crippen LogP contribution in [0.3, 0.4) is 0 Å². The number of hydrogen-bond donors (Lipinski definition) is 2. The maximum absolute atomic E-state index is 12.6. The van der Waals surface area contributed by atoms with E-state index in [1.165, 1.54) is 0 Å². The van der Waals surface area contributed by atoms with Crippen LogP contribution < -0.4 is 10.6 Å². The van der Waals surface area contributed by atoms with Gasteiger partial charge in [0.25, 0.3) is 0 Å². The Labute approximate surface area is 163 Å². The van der Waals surface area contributed by atoms with Gasteiger partial charge in [-0.15, -0.1) is 0 Å². The molecule has 0 saturated heterocycles. The molecule has 2 aromatic carbocycles. The highest BCUT2D eigenvalue weighted by Crippen LogP contribution is 2.23. The van der Waals surface area contributed by atoms with Gasteiger partial charge in [0.1, 0.15) is 5.41 Å². The van der Waals surface area contributed by atoms with Crippen molar-refractivity contribution in [2.24, 2.45) is 5.41 Å². The number of aryl methyl sites for hydroxylation is 1. The SMILES string of the molecule is Cc1cc(Cl)ccc1NC(=O)C(C)(C)C(=O)NCCc1ccc(Cl)cc1. The van der Waals surface area contributed by atoms with Crippen molar-refractivity contribution in [2.45, 2.75) is 27.2 Å². The van der Waals surface area contributed by atoms with E-state index in [1.807, 2.05) is 31.2 Å². The predicted molar refractivity (Wildman–Crippen MR) is 107 cm³/mol. The summed E-state index contributed by atoms with van der Waals surface area (Å²) in [6, 6.07) is 12.6. The van der Waals surface area contributed by atoms with Crippen LogP contribution in [-0.4, -0.2) is 18.4 Å². The molecular formula is C20H22Cl2N2O2. The van der Waals surface area contributed by atoms with Crippen molar-refractivity contribution < 1.29 is 9.59 Å². The van der Waals surface area contributed by atoms with E-state index in [0.717, 1.165) is 11.1 Å². The lowest BCUT2D eigenvalue weighted by Crippen LogP contribution is -2.45. The lowest BCUT2D eigenvalue weighted by atomic mass is 9.90. The van der Waals surface area contributed by atoms with Gasteiger partial charge in [-0.3, -0.25) is 9.59 Å². The Bertz CT molecular complexity index is 802. The van der Waals surface area contributed by atoms with Gasteiger partial charge in [-0.1, -0.05) is 35.3 Å². The first-order valence-corrected chi connectivity index (χ1v) is 9.06. The summed E-state index contributed by atoms with van der Waals surface area (Å²) in [5.41, 5.74) is 1.34. The first kappa shape index (κ1) is 20.3. The summed E-state index contributed by atoms with van der Waals surface area (Å²) in [7, 11) is 0. The van der Waals surface area contributed by atoms with Crippen LogP contribution in [0.1, 0.15) is 25.0 Å². The van der Waals surface area contributed by atoms with Crippen molar-refractivity contribution >= 4 is 40.7 Å². The Morgan fingerprint density at radius 1 is 0.962 bits per heavy atom. The first-order valence-electron chi connectivity index (χ1n) is 8.30. The number of carbonyl (C=O) groups excluding carboxylic acids is 2. The van der Waals surface area contributed by atoms with Gasteiger partial charge in [-0.05, 0) is 68.7 Å². The topological polar surface area (TPSA) is 58.2 Å². The van der Waals surface area contributed by atoms with Crippen LogP contribution in [0.2, 0.25) is 10.0 Å². The second kappa shape index (κ2) is 8.56. The summed E-state index contributed by atoms with van der Waals surface area (Å²) in [6.07, 6.45) is 0.664. The quantitative estimate of drug-likeness (QED) is 0.704. The molecule has 0 unspecified atom stereocenters. The number of amides is 2. The molecule has 2 N–H and O–H groups in total. The average Bonchev–Trinajstić information content (AvgIpc) is 2.58. The minimum atomic E-state index is -1.20. The Morgan fingerprint density at radius 2 is 1.58 bits per heavy atom. The van der Waals surface area contributed by atoms with Gasteiger partial charge in [0.05, 0.1) is 0 Å². The molecule has 26 heavy (non-hydrogen) atoms. The summed E-state index contributed by atoms with van der Waals surface area (Å²) in [4.78, 5) is 25.0. The molecule has 0 spiro atoms. The minimum Gasteiger partial charge on any atom is -0.355 e. The van der Waals surface area contributed by atoms with E-state index in [2.05, 4.69) is 10.6 Å². The molecule has 0 aliphatic carbocycles. The Morgan fingerprint density at radius 3 is 2.19 bits per heavy atom. The lowest BCUT2D eigenvalue weighted by molar-refractivity contribution is -0.138. The normalized spacial score (nSPS) is 11.1. The van der Waals surface area contributed by atoms with E-state index in [1.54, 1.807) is 32.0 Å². The zero-order valence-corrected chi connectivity index (χ0v) is 16.5. The minimum absolute atomic E-state index is 0.324. The summed E-state index contributed by atoms with van der Waals surface area (Å²) in [5.74, 6) is -0.692. The molecule has 4 nitrogen and oxygen atoms in total. The van der Waals surface area contributed by atoms with Gasteiger partial charge in [0.2, 0.25) is 11.8 Å². The molecule has 2 rings (SSSR count). The third-order valence-electron chi connectivity index (χ3n) is 4.18. The molecule has 2 aromatic rings. The van der Waals surface area contributed by atoms with Gasteiger partial charge in [-0.2, -0.15) is 0 Å². The van der Waals surface area contributed by atoms with Crippen molar-refractivity contribution in [2.75, 3.05) is 11.9 Å². The van der Waals surface area contributed by atoms with Gasteiger partial charge in [0, 0.05) is 22.3 Å². The third-order valence-corrected chi connectivity index (χ3v) is 4.67. The van der Waals surface area contributed by atoms with Crippen molar-refractivity contribution in [3.63, 3.8) is 0 Å². The maximum atomic E-state index is 12.6. The molecule has 0 aliphatic rings. The summed E-state index contributed by atoms with van der Waals surface area (Å²) in [6.45, 7) is 5.49. The lowest BCUT2D eigenvalue weighted by Gasteiger charge is -2.23. The van der Waals surface area contributed by atoms with E-state index < -0.39 is 5.41 Å². The molecule has 0 saturated carbocycles. The van der Waals surface area contributed by atoms with Gasteiger partial charge in [0.15, 0.2) is 0 Å². The molecule has 6 heteroatoms. The Hall–Kier alpha value is -2.04. The van der Waals surface area contributed by atoms with Gasteiger partial charge < -0.3 is 10.6 Å². The zero-order valence-electron chi connectivity index (χ0n) is 15.0. The van der Waals surface area contributed by atoms with E-state index in [4.69, 9.17) is 23.2 Å². The van der Waals surface area contributed by atoms with E-state index >= 15 is 0 Å². The molecule has 0 fully saturated rings. The number of benzene rings is 2. The largest absolute Gasteiger partial charge is 0.355 e. The van der Waals surface area contributed by atoms with E-state index in [0.29, 0.717) is 28.7 Å². The standard InChI is InChI=1S/C20H22Cl2N2O2/c1-13-12-16(22)8-9-17(13)24-19(26)20(2,3)18(25)23-11-10-14-4-6-15(21)7-5-14/h4-9,12H,10-11H2,1-3H3,(H,23,25)(H,24,26). The summed E-state index contributed by atoms with van der Waals surface area (Å²) in [5, 5.41) is 6.89. The molecule has 138 valence electrons. The van der Waals surface area contributed by atoms with Crippen LogP contribution in [-0.2, 0) is 16.0 Å². The monoisotopic (exact) mass is 392 g/mol. The fourth-order valence-electron chi connectivity index (χ4n) is 2.34. The highest BCUT2D eigenvalue weighted by molar-refractivity contribution is 6.31. The van der Waals surface area contributed by atoms with Crippen LogP contribution in [0.4, 0.5) is 5.69 Å². The number of nitrogens with one attached hydrogen (secondary N) is 2. The summed E-state index contributed by atoms with van der Waals surface area (Å²) >= 11 is 11.8. The van der Waals surface area contributed by atoms with Gasteiger partial charge in [-0.25, -0.2) is 0 Å². The smallest absolute Gasteiger partial charge is 0.239 e. The number of hydrogen-bond acceptors (Lipinski definition) is 2. The van der Waals surface area contributed by atoms with E-state index in [9.17, 15) is 9.59 Å². The number of anilines is 1. The number of rotatable bonds is 6. The third kappa shape index (κ3) is 5.23. The Balaban J connectivity index is 1.93. The van der Waals surface area contributed by atoms with Crippen molar-refractivity contribution in [1.29, 1.82) is 0 Å². The van der Waals surface area contributed by atoms with Crippen molar-refractivity contribution in [3.05, 3.63) is 63.6 Å². The second-order valence-electron chi connectivity index (χ2n) is 6.67. The highest BCUT2D eigenvalue weighted by Gasteiger charge is 2.36. The highest BCUT2D eigenvalue weighted by atomic mass is 35.5. The average molecular weight is 393 g/mol. The van der Waals surface area contributed by atoms with Gasteiger partial charge >= 0.3 is 0 Å². The molecule has 0 aromatic heterocycles. The number of halogens is 2. The molecule has 0 atom stereocenters. The van der Waals surface area contributed by atoms with Crippen LogP contribution in [0.25, 0.3) is 0 Å². The fraction of sp³-hybridized carbons (Fsp3) is 0.300. The van der Waals surface area contributed by atoms with Crippen LogP contribution >= 0.6 is 23.2 Å². The molecule has 0 radical (unpaired) electrons. The van der Waals surface area contributed by atoms with Crippen LogP contribution in [0.5, 0.6) is 0 Å². The van der Waals surface area contributed by atoms with E-state index in [-0.39, 0.29) is 11.8 Å². The van der Waals surface area contributed by atoms with Crippen LogP contribution in [0, 0.1) is 12.3 Å². The predicted octanol–water partition coefficient (Wildman–Crippen LogP) is 4.63. The second-order valence-corrected chi connectivity index (χ2v) is 7.54.